The van der Waals surface area contributed by atoms with Gasteiger partial charge in [-0.05, 0) is 65.9 Å². The van der Waals surface area contributed by atoms with Gasteiger partial charge in [0.05, 0.1) is 5.54 Å². The van der Waals surface area contributed by atoms with Gasteiger partial charge in [0.25, 0.3) is 5.91 Å². The topological polar surface area (TPSA) is 70.2 Å². The summed E-state index contributed by atoms with van der Waals surface area (Å²) in [4.78, 5) is 24.0. The lowest BCUT2D eigenvalue weighted by atomic mass is 10.0. The highest BCUT2D eigenvalue weighted by atomic mass is 16.2. The third-order valence-electron chi connectivity index (χ3n) is 3.09. The average molecular weight is 291 g/mol. The van der Waals surface area contributed by atoms with Gasteiger partial charge >= 0.3 is 0 Å². The Labute approximate surface area is 126 Å². The first-order valence-electron chi connectivity index (χ1n) is 6.98. The minimum Gasteiger partial charge on any atom is -0.347 e. The number of nitrogens with one attached hydrogen (secondary N) is 3. The minimum absolute atomic E-state index is 0.128. The van der Waals surface area contributed by atoms with Crippen LogP contribution in [0.4, 0.5) is 5.69 Å². The Hall–Kier alpha value is -1.88. The van der Waals surface area contributed by atoms with Crippen LogP contribution in [-0.4, -0.2) is 29.9 Å². The summed E-state index contributed by atoms with van der Waals surface area (Å²) in [5, 5.41) is 8.65. The van der Waals surface area contributed by atoms with Crippen molar-refractivity contribution in [2.45, 2.75) is 45.7 Å². The van der Waals surface area contributed by atoms with Crippen LogP contribution in [0.15, 0.2) is 24.3 Å². The van der Waals surface area contributed by atoms with E-state index in [2.05, 4.69) is 16.0 Å². The molecule has 5 heteroatoms. The molecule has 0 radical (unpaired) electrons. The summed E-state index contributed by atoms with van der Waals surface area (Å²) >= 11 is 0. The molecule has 0 aromatic heterocycles. The number of carbonyl (C=O) groups excluding carboxylic acids is 2. The van der Waals surface area contributed by atoms with E-state index in [0.29, 0.717) is 11.3 Å². The maximum atomic E-state index is 12.0. The zero-order valence-electron chi connectivity index (χ0n) is 13.6. The number of benzene rings is 1. The van der Waals surface area contributed by atoms with Crippen LogP contribution in [0, 0.1) is 0 Å². The van der Waals surface area contributed by atoms with E-state index in [1.54, 1.807) is 45.2 Å². The Morgan fingerprint density at radius 2 is 1.48 bits per heavy atom. The SMILES string of the molecule is CNC(C)(C)C(=O)Nc1ccc(C(=O)NC(C)(C)C)cc1. The van der Waals surface area contributed by atoms with Gasteiger partial charge in [0.2, 0.25) is 5.91 Å². The zero-order chi connectivity index (χ0) is 16.3. The molecule has 0 heterocycles. The zero-order valence-corrected chi connectivity index (χ0v) is 13.6. The smallest absolute Gasteiger partial charge is 0.251 e. The highest BCUT2D eigenvalue weighted by molar-refractivity contribution is 5.98. The first-order chi connectivity index (χ1) is 9.55. The molecule has 0 saturated carbocycles. The van der Waals surface area contributed by atoms with Crippen molar-refractivity contribution in [1.82, 2.24) is 10.6 Å². The molecule has 116 valence electrons. The van der Waals surface area contributed by atoms with Gasteiger partial charge in [-0.1, -0.05) is 0 Å². The molecule has 0 atom stereocenters. The van der Waals surface area contributed by atoms with Gasteiger partial charge in [0, 0.05) is 16.8 Å². The van der Waals surface area contributed by atoms with Crippen molar-refractivity contribution in [1.29, 1.82) is 0 Å². The Bertz CT molecular complexity index is 513. The van der Waals surface area contributed by atoms with Crippen LogP contribution in [0.3, 0.4) is 0 Å². The van der Waals surface area contributed by atoms with E-state index < -0.39 is 5.54 Å². The molecule has 0 aliphatic rings. The number of likely N-dealkylation sites (N-methyl/N-ethyl adjacent to an activating group) is 1. The van der Waals surface area contributed by atoms with E-state index in [9.17, 15) is 9.59 Å². The molecule has 1 aromatic rings. The molecule has 1 aromatic carbocycles. The third kappa shape index (κ3) is 5.19. The summed E-state index contributed by atoms with van der Waals surface area (Å²) in [5.74, 6) is -0.257. The monoisotopic (exact) mass is 291 g/mol. The number of hydrogen-bond donors (Lipinski definition) is 3. The van der Waals surface area contributed by atoms with Crippen LogP contribution in [0.1, 0.15) is 45.0 Å². The fourth-order valence-corrected chi connectivity index (χ4v) is 1.52. The molecule has 1 rings (SSSR count). The van der Waals surface area contributed by atoms with Crippen molar-refractivity contribution < 1.29 is 9.59 Å². The van der Waals surface area contributed by atoms with Crippen LogP contribution in [0.5, 0.6) is 0 Å². The maximum absolute atomic E-state index is 12.0. The largest absolute Gasteiger partial charge is 0.347 e. The molecular weight excluding hydrogens is 266 g/mol. The summed E-state index contributed by atoms with van der Waals surface area (Å²) < 4.78 is 0. The second kappa shape index (κ2) is 6.26. The van der Waals surface area contributed by atoms with Gasteiger partial charge in [0.1, 0.15) is 0 Å². The number of hydrogen-bond acceptors (Lipinski definition) is 3. The van der Waals surface area contributed by atoms with E-state index in [1.165, 1.54) is 0 Å². The van der Waals surface area contributed by atoms with Crippen molar-refractivity contribution in [2.75, 3.05) is 12.4 Å². The molecule has 5 nitrogen and oxygen atoms in total. The minimum atomic E-state index is -0.651. The summed E-state index contributed by atoms with van der Waals surface area (Å²) in [7, 11) is 1.74. The second-order valence-electron chi connectivity index (χ2n) is 6.61. The van der Waals surface area contributed by atoms with E-state index in [0.717, 1.165) is 0 Å². The van der Waals surface area contributed by atoms with Gasteiger partial charge < -0.3 is 16.0 Å². The predicted molar refractivity (Wildman–Crippen MR) is 85.4 cm³/mol. The quantitative estimate of drug-likeness (QED) is 0.796. The van der Waals surface area contributed by atoms with E-state index in [1.807, 2.05) is 20.8 Å². The molecule has 0 unspecified atom stereocenters. The van der Waals surface area contributed by atoms with Crippen LogP contribution in [0.25, 0.3) is 0 Å². The lowest BCUT2D eigenvalue weighted by molar-refractivity contribution is -0.121. The standard InChI is InChI=1S/C16H25N3O2/c1-15(2,3)19-13(20)11-7-9-12(10-8-11)18-14(21)16(4,5)17-6/h7-10,17H,1-6H3,(H,18,21)(H,19,20). The van der Waals surface area contributed by atoms with Gasteiger partial charge in [-0.3, -0.25) is 9.59 Å². The van der Waals surface area contributed by atoms with Gasteiger partial charge in [-0.25, -0.2) is 0 Å². The van der Waals surface area contributed by atoms with Crippen LogP contribution < -0.4 is 16.0 Å². The van der Waals surface area contributed by atoms with Crippen molar-refractivity contribution >= 4 is 17.5 Å². The fourth-order valence-electron chi connectivity index (χ4n) is 1.52. The van der Waals surface area contributed by atoms with Crippen LogP contribution in [-0.2, 0) is 4.79 Å². The van der Waals surface area contributed by atoms with Crippen molar-refractivity contribution in [2.24, 2.45) is 0 Å². The lowest BCUT2D eigenvalue weighted by Gasteiger charge is -2.23. The number of carbonyl (C=O) groups is 2. The number of amides is 2. The molecule has 0 spiro atoms. The van der Waals surface area contributed by atoms with Crippen molar-refractivity contribution in [3.63, 3.8) is 0 Å². The fraction of sp³-hybridized carbons (Fsp3) is 0.500. The normalized spacial score (nSPS) is 11.9. The first-order valence-corrected chi connectivity index (χ1v) is 6.98. The highest BCUT2D eigenvalue weighted by Gasteiger charge is 2.25. The molecule has 3 N–H and O–H groups in total. The Balaban J connectivity index is 2.75. The number of anilines is 1. The Morgan fingerprint density at radius 1 is 0.952 bits per heavy atom. The highest BCUT2D eigenvalue weighted by Crippen LogP contribution is 2.13. The molecular formula is C16H25N3O2. The first kappa shape index (κ1) is 17.2. The lowest BCUT2D eigenvalue weighted by Crippen LogP contribution is -2.47. The summed E-state index contributed by atoms with van der Waals surface area (Å²) in [6.45, 7) is 9.39. The van der Waals surface area contributed by atoms with Crippen molar-refractivity contribution in [3.8, 4) is 0 Å². The third-order valence-corrected chi connectivity index (χ3v) is 3.09. The Kier molecular flexibility index (Phi) is 5.12. The summed E-state index contributed by atoms with van der Waals surface area (Å²) in [5.41, 5.74) is 0.301. The van der Waals surface area contributed by atoms with Gasteiger partial charge in [-0.2, -0.15) is 0 Å². The van der Waals surface area contributed by atoms with Crippen molar-refractivity contribution in [3.05, 3.63) is 29.8 Å². The predicted octanol–water partition coefficient (Wildman–Crippen LogP) is 2.15. The maximum Gasteiger partial charge on any atom is 0.251 e. The number of rotatable bonds is 4. The van der Waals surface area contributed by atoms with E-state index in [-0.39, 0.29) is 17.4 Å². The van der Waals surface area contributed by atoms with E-state index >= 15 is 0 Å². The van der Waals surface area contributed by atoms with Crippen LogP contribution in [0.2, 0.25) is 0 Å². The Morgan fingerprint density at radius 3 is 1.90 bits per heavy atom. The molecule has 0 aliphatic heterocycles. The molecule has 21 heavy (non-hydrogen) atoms. The molecule has 2 amide bonds. The molecule has 0 fully saturated rings. The van der Waals surface area contributed by atoms with E-state index in [4.69, 9.17) is 0 Å². The summed E-state index contributed by atoms with van der Waals surface area (Å²) in [6, 6.07) is 6.84. The second-order valence-corrected chi connectivity index (χ2v) is 6.61. The van der Waals surface area contributed by atoms with Crippen LogP contribution >= 0.6 is 0 Å². The molecule has 0 bridgehead atoms. The molecule has 0 saturated heterocycles. The van der Waals surface area contributed by atoms with Gasteiger partial charge in [-0.15, -0.1) is 0 Å². The van der Waals surface area contributed by atoms with Gasteiger partial charge in [0.15, 0.2) is 0 Å². The average Bonchev–Trinajstić information content (AvgIpc) is 2.37. The molecule has 0 aliphatic carbocycles. The summed E-state index contributed by atoms with van der Waals surface area (Å²) in [6.07, 6.45) is 0.